The highest BCUT2D eigenvalue weighted by molar-refractivity contribution is 6.30. The fourth-order valence-electron chi connectivity index (χ4n) is 3.29. The fraction of sp³-hybridized carbons (Fsp3) is 0.182. The molecule has 0 bridgehead atoms. The second-order valence-electron chi connectivity index (χ2n) is 6.91. The summed E-state index contributed by atoms with van der Waals surface area (Å²) in [6, 6.07) is 20.2. The Morgan fingerprint density at radius 1 is 1.04 bits per heavy atom. The lowest BCUT2D eigenvalue weighted by molar-refractivity contribution is -0.118. The minimum absolute atomic E-state index is 0.00297. The predicted octanol–water partition coefficient (Wildman–Crippen LogP) is 4.22. The third-order valence-electron chi connectivity index (χ3n) is 5.03. The highest BCUT2D eigenvalue weighted by atomic mass is 35.5. The van der Waals surface area contributed by atoms with Gasteiger partial charge in [0.2, 0.25) is 5.91 Å². The van der Waals surface area contributed by atoms with Crippen molar-refractivity contribution in [1.82, 2.24) is 4.57 Å². The van der Waals surface area contributed by atoms with Gasteiger partial charge in [-0.1, -0.05) is 41.9 Å². The third-order valence-corrected chi connectivity index (χ3v) is 5.26. The number of benzene rings is 2. The Bertz CT molecular complexity index is 1040. The van der Waals surface area contributed by atoms with E-state index in [9.17, 15) is 9.59 Å². The lowest BCUT2D eigenvalue weighted by Gasteiger charge is -2.16. The number of halogens is 1. The second-order valence-corrected chi connectivity index (χ2v) is 7.35. The highest BCUT2D eigenvalue weighted by Crippen LogP contribution is 2.49. The van der Waals surface area contributed by atoms with Crippen molar-refractivity contribution in [3.63, 3.8) is 0 Å². The summed E-state index contributed by atoms with van der Waals surface area (Å²) in [7, 11) is 0. The van der Waals surface area contributed by atoms with E-state index >= 15 is 0 Å². The standard InChI is InChI=1S/C22H19ClN2O2/c23-18-5-3-4-17(14-18)22(11-12-22)21(27)24-19-9-7-16(8-10-19)15-25-13-2-1-6-20(25)26/h1-10,13-14H,11-12,15H2,(H,24,27). The van der Waals surface area contributed by atoms with Crippen LogP contribution in [-0.4, -0.2) is 10.5 Å². The summed E-state index contributed by atoms with van der Waals surface area (Å²) in [6.45, 7) is 0.500. The topological polar surface area (TPSA) is 51.1 Å². The van der Waals surface area contributed by atoms with Crippen LogP contribution in [0.1, 0.15) is 24.0 Å². The summed E-state index contributed by atoms with van der Waals surface area (Å²) in [4.78, 5) is 24.6. The van der Waals surface area contributed by atoms with Gasteiger partial charge >= 0.3 is 0 Å². The maximum atomic E-state index is 12.8. The van der Waals surface area contributed by atoms with Gasteiger partial charge in [-0.2, -0.15) is 0 Å². The number of aromatic nitrogens is 1. The van der Waals surface area contributed by atoms with Gasteiger partial charge in [-0.05, 0) is 54.3 Å². The number of amides is 1. The first-order chi connectivity index (χ1) is 13.1. The lowest BCUT2D eigenvalue weighted by Crippen LogP contribution is -2.27. The Hall–Kier alpha value is -2.85. The molecule has 4 rings (SSSR count). The SMILES string of the molecule is O=C(Nc1ccc(Cn2ccccc2=O)cc1)C1(c2cccc(Cl)c2)CC1. The van der Waals surface area contributed by atoms with Gasteiger partial charge in [0.05, 0.1) is 12.0 Å². The molecular formula is C22H19ClN2O2. The number of carbonyl (C=O) groups excluding carboxylic acids is 1. The molecule has 0 spiro atoms. The third kappa shape index (κ3) is 3.67. The summed E-state index contributed by atoms with van der Waals surface area (Å²) >= 11 is 6.08. The minimum Gasteiger partial charge on any atom is -0.325 e. The van der Waals surface area contributed by atoms with E-state index in [1.54, 1.807) is 22.9 Å². The van der Waals surface area contributed by atoms with Crippen LogP contribution in [0.5, 0.6) is 0 Å². The first-order valence-corrected chi connectivity index (χ1v) is 9.27. The first kappa shape index (κ1) is 17.6. The van der Waals surface area contributed by atoms with Crippen LogP contribution >= 0.6 is 11.6 Å². The van der Waals surface area contributed by atoms with Crippen molar-refractivity contribution >= 4 is 23.2 Å². The van der Waals surface area contributed by atoms with E-state index in [1.165, 1.54) is 0 Å². The molecule has 1 aromatic heterocycles. The van der Waals surface area contributed by atoms with Crippen LogP contribution in [0.4, 0.5) is 5.69 Å². The zero-order chi connectivity index (χ0) is 18.9. The van der Waals surface area contributed by atoms with E-state index in [1.807, 2.05) is 54.6 Å². The molecule has 1 fully saturated rings. The molecule has 0 aliphatic heterocycles. The first-order valence-electron chi connectivity index (χ1n) is 8.89. The lowest BCUT2D eigenvalue weighted by atomic mass is 9.95. The molecule has 1 aliphatic carbocycles. The molecule has 5 heteroatoms. The quantitative estimate of drug-likeness (QED) is 0.722. The number of anilines is 1. The maximum Gasteiger partial charge on any atom is 0.250 e. The van der Waals surface area contributed by atoms with Crippen molar-refractivity contribution in [2.75, 3.05) is 5.32 Å². The van der Waals surface area contributed by atoms with E-state index in [4.69, 9.17) is 11.6 Å². The molecule has 1 aliphatic rings. The average Bonchev–Trinajstić information content (AvgIpc) is 3.47. The Kier molecular flexibility index (Phi) is 4.58. The molecule has 1 amide bonds. The number of nitrogens with zero attached hydrogens (tertiary/aromatic N) is 1. The molecule has 0 atom stereocenters. The molecular weight excluding hydrogens is 360 g/mol. The van der Waals surface area contributed by atoms with Crippen LogP contribution in [0.2, 0.25) is 5.02 Å². The van der Waals surface area contributed by atoms with Gasteiger partial charge in [-0.25, -0.2) is 0 Å². The summed E-state index contributed by atoms with van der Waals surface area (Å²) < 4.78 is 1.64. The van der Waals surface area contributed by atoms with Crippen molar-refractivity contribution < 1.29 is 4.79 Å². The summed E-state index contributed by atoms with van der Waals surface area (Å²) in [5.41, 5.74) is 2.20. The molecule has 1 heterocycles. The van der Waals surface area contributed by atoms with Crippen LogP contribution in [0, 0.1) is 0 Å². The van der Waals surface area contributed by atoms with Gasteiger partial charge < -0.3 is 9.88 Å². The second kappa shape index (κ2) is 7.05. The van der Waals surface area contributed by atoms with Crippen molar-refractivity contribution in [3.05, 3.63) is 99.4 Å². The smallest absolute Gasteiger partial charge is 0.250 e. The Balaban J connectivity index is 1.46. The number of carbonyl (C=O) groups is 1. The molecule has 1 saturated carbocycles. The summed E-state index contributed by atoms with van der Waals surface area (Å²) in [5.74, 6) is -0.00297. The van der Waals surface area contributed by atoms with Crippen molar-refractivity contribution in [1.29, 1.82) is 0 Å². The van der Waals surface area contributed by atoms with E-state index in [-0.39, 0.29) is 11.5 Å². The number of hydrogen-bond donors (Lipinski definition) is 1. The van der Waals surface area contributed by atoms with Crippen molar-refractivity contribution in [3.8, 4) is 0 Å². The molecule has 1 N–H and O–H groups in total. The molecule has 0 saturated heterocycles. The van der Waals surface area contributed by atoms with E-state index in [0.717, 1.165) is 29.7 Å². The Labute approximate surface area is 162 Å². The number of pyridine rings is 1. The van der Waals surface area contributed by atoms with E-state index in [0.29, 0.717) is 11.6 Å². The monoisotopic (exact) mass is 378 g/mol. The maximum absolute atomic E-state index is 12.8. The average molecular weight is 379 g/mol. The van der Waals surface area contributed by atoms with Gasteiger partial charge in [0.25, 0.3) is 5.56 Å². The number of rotatable bonds is 5. The van der Waals surface area contributed by atoms with Crippen molar-refractivity contribution in [2.24, 2.45) is 0 Å². The summed E-state index contributed by atoms with van der Waals surface area (Å²) in [6.07, 6.45) is 3.42. The van der Waals surface area contributed by atoms with Crippen LogP contribution in [0.3, 0.4) is 0 Å². The van der Waals surface area contributed by atoms with Crippen LogP contribution in [0.25, 0.3) is 0 Å². The molecule has 0 unspecified atom stereocenters. The van der Waals surface area contributed by atoms with Gasteiger partial charge in [0.15, 0.2) is 0 Å². The highest BCUT2D eigenvalue weighted by Gasteiger charge is 2.51. The zero-order valence-electron chi connectivity index (χ0n) is 14.7. The minimum atomic E-state index is -0.471. The number of nitrogens with one attached hydrogen (secondary N) is 1. The fourth-order valence-corrected chi connectivity index (χ4v) is 3.48. The van der Waals surface area contributed by atoms with Crippen molar-refractivity contribution in [2.45, 2.75) is 24.8 Å². The van der Waals surface area contributed by atoms with Crippen LogP contribution < -0.4 is 10.9 Å². The van der Waals surface area contributed by atoms with Crippen LogP contribution in [0.15, 0.2) is 77.7 Å². The molecule has 136 valence electrons. The van der Waals surface area contributed by atoms with Gasteiger partial charge in [-0.15, -0.1) is 0 Å². The predicted molar refractivity (Wildman–Crippen MR) is 107 cm³/mol. The largest absolute Gasteiger partial charge is 0.325 e. The normalized spacial score (nSPS) is 14.6. The molecule has 4 nitrogen and oxygen atoms in total. The van der Waals surface area contributed by atoms with Gasteiger partial charge in [-0.3, -0.25) is 9.59 Å². The molecule has 3 aromatic rings. The molecule has 0 radical (unpaired) electrons. The van der Waals surface area contributed by atoms with E-state index in [2.05, 4.69) is 5.32 Å². The van der Waals surface area contributed by atoms with Crippen LogP contribution in [-0.2, 0) is 16.8 Å². The van der Waals surface area contributed by atoms with Gasteiger partial charge in [0.1, 0.15) is 0 Å². The molecule has 27 heavy (non-hydrogen) atoms. The molecule has 2 aromatic carbocycles. The van der Waals surface area contributed by atoms with E-state index < -0.39 is 5.41 Å². The Morgan fingerprint density at radius 3 is 2.48 bits per heavy atom. The Morgan fingerprint density at radius 2 is 1.81 bits per heavy atom. The summed E-state index contributed by atoms with van der Waals surface area (Å²) in [5, 5.41) is 3.66. The number of hydrogen-bond acceptors (Lipinski definition) is 2. The zero-order valence-corrected chi connectivity index (χ0v) is 15.4. The van der Waals surface area contributed by atoms with Gasteiger partial charge in [0, 0.05) is 23.0 Å².